The van der Waals surface area contributed by atoms with Crippen LogP contribution in [0.25, 0.3) is 0 Å². The number of hydrogen-bond acceptors (Lipinski definition) is 3. The van der Waals surface area contributed by atoms with Crippen molar-refractivity contribution in [2.24, 2.45) is 23.7 Å². The summed E-state index contributed by atoms with van der Waals surface area (Å²) in [6.45, 7) is 1.34. The van der Waals surface area contributed by atoms with Gasteiger partial charge in [0.1, 0.15) is 0 Å². The van der Waals surface area contributed by atoms with Crippen LogP contribution in [0.1, 0.15) is 19.3 Å². The number of amides is 1. The van der Waals surface area contributed by atoms with E-state index < -0.39 is 17.8 Å². The molecule has 4 unspecified atom stereocenters. The average Bonchev–Trinajstić information content (AvgIpc) is 2.99. The van der Waals surface area contributed by atoms with Crippen LogP contribution in [0.5, 0.6) is 0 Å². The number of rotatable bonds is 3. The van der Waals surface area contributed by atoms with Crippen molar-refractivity contribution in [1.29, 1.82) is 0 Å². The van der Waals surface area contributed by atoms with Gasteiger partial charge in [-0.2, -0.15) is 0 Å². The maximum atomic E-state index is 12.4. The molecule has 5 heteroatoms. The molecule has 0 radical (unpaired) electrons. The van der Waals surface area contributed by atoms with Crippen molar-refractivity contribution < 1.29 is 19.4 Å². The lowest BCUT2D eigenvalue weighted by molar-refractivity contribution is -0.148. The van der Waals surface area contributed by atoms with Crippen LogP contribution in [-0.2, 0) is 14.3 Å². The van der Waals surface area contributed by atoms with E-state index in [1.54, 1.807) is 0 Å². The number of carbonyl (C=O) groups is 2. The molecule has 2 bridgehead atoms. The molecule has 5 nitrogen and oxygen atoms in total. The second kappa shape index (κ2) is 4.96. The third-order valence-electron chi connectivity index (χ3n) is 4.61. The number of carboxylic acid groups (broad SMARTS) is 1. The minimum absolute atomic E-state index is 0.0351. The molecule has 19 heavy (non-hydrogen) atoms. The van der Waals surface area contributed by atoms with Crippen LogP contribution in [0.2, 0.25) is 0 Å². The van der Waals surface area contributed by atoms with Crippen LogP contribution in [0, 0.1) is 23.7 Å². The smallest absolute Gasteiger partial charge is 0.307 e. The van der Waals surface area contributed by atoms with E-state index in [4.69, 9.17) is 4.74 Å². The molecule has 2 aliphatic carbocycles. The van der Waals surface area contributed by atoms with Gasteiger partial charge in [0.2, 0.25) is 5.91 Å². The molecule has 0 aromatic rings. The summed E-state index contributed by atoms with van der Waals surface area (Å²) in [5.41, 5.74) is 0. The number of ether oxygens (including phenoxy) is 1. The average molecular weight is 265 g/mol. The fraction of sp³-hybridized carbons (Fsp3) is 0.714. The number of aliphatic carboxylic acids is 1. The molecule has 4 atom stereocenters. The van der Waals surface area contributed by atoms with Gasteiger partial charge in [0.05, 0.1) is 11.8 Å². The van der Waals surface area contributed by atoms with Gasteiger partial charge >= 0.3 is 5.97 Å². The van der Waals surface area contributed by atoms with E-state index in [0.29, 0.717) is 13.2 Å². The summed E-state index contributed by atoms with van der Waals surface area (Å²) in [5.74, 6) is -1.73. The molecular formula is C14H19NO4. The van der Waals surface area contributed by atoms with Crippen LogP contribution in [0.3, 0.4) is 0 Å². The first-order valence-electron chi connectivity index (χ1n) is 6.96. The normalized spacial score (nSPS) is 37.5. The van der Waals surface area contributed by atoms with Crippen molar-refractivity contribution in [3.8, 4) is 0 Å². The predicted octanol–water partition coefficient (Wildman–Crippen LogP) is 0.804. The van der Waals surface area contributed by atoms with Crippen LogP contribution < -0.4 is 5.32 Å². The maximum absolute atomic E-state index is 12.4. The van der Waals surface area contributed by atoms with Gasteiger partial charge in [-0.3, -0.25) is 9.59 Å². The maximum Gasteiger partial charge on any atom is 0.307 e. The quantitative estimate of drug-likeness (QED) is 0.740. The third kappa shape index (κ3) is 2.27. The Bertz CT molecular complexity index is 414. The zero-order valence-corrected chi connectivity index (χ0v) is 10.7. The molecule has 1 heterocycles. The predicted molar refractivity (Wildman–Crippen MR) is 67.3 cm³/mol. The zero-order chi connectivity index (χ0) is 13.4. The van der Waals surface area contributed by atoms with Crippen LogP contribution >= 0.6 is 0 Å². The molecule has 1 saturated carbocycles. The molecule has 1 aliphatic heterocycles. The molecule has 2 N–H and O–H groups in total. The summed E-state index contributed by atoms with van der Waals surface area (Å²) < 4.78 is 5.26. The van der Waals surface area contributed by atoms with Crippen molar-refractivity contribution in [3.63, 3.8) is 0 Å². The van der Waals surface area contributed by atoms with E-state index in [1.165, 1.54) is 0 Å². The number of carbonyl (C=O) groups excluding carboxylic acids is 1. The van der Waals surface area contributed by atoms with Crippen molar-refractivity contribution in [2.75, 3.05) is 13.2 Å². The van der Waals surface area contributed by atoms with E-state index in [1.807, 2.05) is 12.2 Å². The van der Waals surface area contributed by atoms with Gasteiger partial charge in [-0.25, -0.2) is 0 Å². The first-order chi connectivity index (χ1) is 9.16. The van der Waals surface area contributed by atoms with Gasteiger partial charge in [-0.1, -0.05) is 12.2 Å². The summed E-state index contributed by atoms with van der Waals surface area (Å²) in [6, 6.07) is 0.138. The van der Waals surface area contributed by atoms with Crippen molar-refractivity contribution in [1.82, 2.24) is 5.32 Å². The van der Waals surface area contributed by atoms with Crippen molar-refractivity contribution in [2.45, 2.75) is 25.3 Å². The van der Waals surface area contributed by atoms with Gasteiger partial charge in [0.15, 0.2) is 0 Å². The molecule has 1 saturated heterocycles. The second-order valence-electron chi connectivity index (χ2n) is 5.73. The number of allylic oxidation sites excluding steroid dienone is 2. The molecule has 0 aromatic heterocycles. The highest BCUT2D eigenvalue weighted by molar-refractivity contribution is 5.87. The molecule has 3 rings (SSSR count). The van der Waals surface area contributed by atoms with E-state index in [9.17, 15) is 14.7 Å². The Hall–Kier alpha value is -1.36. The monoisotopic (exact) mass is 265 g/mol. The zero-order valence-electron chi connectivity index (χ0n) is 10.7. The molecule has 0 spiro atoms. The Morgan fingerprint density at radius 2 is 1.74 bits per heavy atom. The summed E-state index contributed by atoms with van der Waals surface area (Å²) in [5, 5.41) is 12.3. The van der Waals surface area contributed by atoms with Crippen LogP contribution in [0.4, 0.5) is 0 Å². The molecule has 104 valence electrons. The number of hydrogen-bond donors (Lipinski definition) is 2. The number of fused-ring (bicyclic) bond motifs is 2. The minimum atomic E-state index is -0.844. The number of nitrogens with one attached hydrogen (secondary N) is 1. The third-order valence-corrected chi connectivity index (χ3v) is 4.61. The SMILES string of the molecule is O=C(O)C1C2C=CC(C2)C1C(=O)NC1CCOCC1. The Kier molecular flexibility index (Phi) is 3.31. The van der Waals surface area contributed by atoms with Gasteiger partial charge in [0, 0.05) is 19.3 Å². The van der Waals surface area contributed by atoms with Crippen LogP contribution in [0.15, 0.2) is 12.2 Å². The van der Waals surface area contributed by atoms with Gasteiger partial charge in [0.25, 0.3) is 0 Å². The van der Waals surface area contributed by atoms with Gasteiger partial charge in [-0.15, -0.1) is 0 Å². The van der Waals surface area contributed by atoms with Crippen LogP contribution in [-0.4, -0.2) is 36.2 Å². The standard InChI is InChI=1S/C14H19NO4/c16-13(15-10-3-5-19-6-4-10)11-8-1-2-9(7-8)12(11)14(17)18/h1-2,8-12H,3-7H2,(H,15,16)(H,17,18). The Labute approximate surface area is 112 Å². The lowest BCUT2D eigenvalue weighted by Crippen LogP contribution is -2.46. The fourth-order valence-electron chi connectivity index (χ4n) is 3.66. The highest BCUT2D eigenvalue weighted by Crippen LogP contribution is 2.48. The van der Waals surface area contributed by atoms with E-state index in [0.717, 1.165) is 19.3 Å². The van der Waals surface area contributed by atoms with Gasteiger partial charge in [-0.05, 0) is 31.1 Å². The molecule has 2 fully saturated rings. The first kappa shape index (κ1) is 12.7. The lowest BCUT2D eigenvalue weighted by atomic mass is 9.82. The second-order valence-corrected chi connectivity index (χ2v) is 5.73. The Morgan fingerprint density at radius 1 is 1.11 bits per heavy atom. The molecular weight excluding hydrogens is 246 g/mol. The number of carboxylic acids is 1. The van der Waals surface area contributed by atoms with Crippen molar-refractivity contribution in [3.05, 3.63) is 12.2 Å². The molecule has 3 aliphatic rings. The summed E-state index contributed by atoms with van der Waals surface area (Å²) in [7, 11) is 0. The highest BCUT2D eigenvalue weighted by Gasteiger charge is 2.51. The Balaban J connectivity index is 1.68. The summed E-state index contributed by atoms with van der Waals surface area (Å²) in [4.78, 5) is 23.7. The van der Waals surface area contributed by atoms with E-state index in [-0.39, 0.29) is 23.8 Å². The summed E-state index contributed by atoms with van der Waals surface area (Å²) in [6.07, 6.45) is 6.42. The molecule has 1 amide bonds. The first-order valence-corrected chi connectivity index (χ1v) is 6.96. The molecule has 0 aromatic carbocycles. The van der Waals surface area contributed by atoms with E-state index in [2.05, 4.69) is 5.32 Å². The minimum Gasteiger partial charge on any atom is -0.481 e. The lowest BCUT2D eigenvalue weighted by Gasteiger charge is -2.28. The van der Waals surface area contributed by atoms with Gasteiger partial charge < -0.3 is 15.2 Å². The highest BCUT2D eigenvalue weighted by atomic mass is 16.5. The fourth-order valence-corrected chi connectivity index (χ4v) is 3.66. The van der Waals surface area contributed by atoms with E-state index >= 15 is 0 Å². The largest absolute Gasteiger partial charge is 0.481 e. The summed E-state index contributed by atoms with van der Waals surface area (Å²) >= 11 is 0. The Morgan fingerprint density at radius 3 is 2.37 bits per heavy atom. The topological polar surface area (TPSA) is 75.6 Å². The van der Waals surface area contributed by atoms with Crippen molar-refractivity contribution >= 4 is 11.9 Å².